The number of aromatic carboxylic acids is 1. The third-order valence-corrected chi connectivity index (χ3v) is 4.76. The summed E-state index contributed by atoms with van der Waals surface area (Å²) in [5.74, 6) is -0.439. The highest BCUT2D eigenvalue weighted by molar-refractivity contribution is 9.10. The van der Waals surface area contributed by atoms with Crippen molar-refractivity contribution >= 4 is 32.7 Å². The molecule has 1 aromatic carbocycles. The molecule has 3 rings (SSSR count). The van der Waals surface area contributed by atoms with Gasteiger partial charge >= 0.3 is 5.97 Å². The molecule has 1 N–H and O–H groups in total. The van der Waals surface area contributed by atoms with Gasteiger partial charge < -0.3 is 9.84 Å². The molecule has 2 aromatic rings. The number of ether oxygens (including phenoxy) is 1. The molecule has 128 valence electrons. The van der Waals surface area contributed by atoms with Crippen molar-refractivity contribution in [3.05, 3.63) is 38.7 Å². The Hall–Kier alpha value is -1.82. The normalized spacial score (nSPS) is 14.1. The minimum absolute atomic E-state index is 0.0337. The van der Waals surface area contributed by atoms with E-state index < -0.39 is 5.97 Å². The van der Waals surface area contributed by atoms with E-state index in [4.69, 9.17) is 4.74 Å². The molecule has 24 heavy (non-hydrogen) atoms. The first kappa shape index (κ1) is 17.0. The molecule has 1 saturated carbocycles. The molecule has 0 saturated heterocycles. The summed E-state index contributed by atoms with van der Waals surface area (Å²) in [7, 11) is 0. The summed E-state index contributed by atoms with van der Waals surface area (Å²) in [5.41, 5.74) is -0.293. The predicted octanol–water partition coefficient (Wildman–Crippen LogP) is 4.05. The average molecular weight is 394 g/mol. The molecule has 0 aliphatic heterocycles. The van der Waals surface area contributed by atoms with Crippen LogP contribution in [0, 0.1) is 5.92 Å². The maximum absolute atomic E-state index is 12.8. The van der Waals surface area contributed by atoms with Gasteiger partial charge in [0, 0.05) is 16.4 Å². The lowest BCUT2D eigenvalue weighted by Crippen LogP contribution is -2.28. The van der Waals surface area contributed by atoms with Crippen LogP contribution in [-0.2, 0) is 6.54 Å². The Kier molecular flexibility index (Phi) is 4.94. The molecule has 6 heteroatoms. The van der Waals surface area contributed by atoms with E-state index in [1.165, 1.54) is 4.57 Å². The molecule has 5 nitrogen and oxygen atoms in total. The maximum atomic E-state index is 12.8. The number of carboxylic acids is 1. The zero-order valence-corrected chi connectivity index (χ0v) is 15.1. The molecule has 0 atom stereocenters. The summed E-state index contributed by atoms with van der Waals surface area (Å²) in [4.78, 5) is 24.7. The second-order valence-corrected chi connectivity index (χ2v) is 7.15. The second kappa shape index (κ2) is 6.97. The van der Waals surface area contributed by atoms with Crippen LogP contribution in [0.2, 0.25) is 0 Å². The Balaban J connectivity index is 2.25. The van der Waals surface area contributed by atoms with Gasteiger partial charge in [0.25, 0.3) is 5.56 Å². The molecule has 0 radical (unpaired) electrons. The molecule has 0 unspecified atom stereocenters. The molecule has 0 bridgehead atoms. The molecule has 1 fully saturated rings. The van der Waals surface area contributed by atoms with Gasteiger partial charge in [-0.3, -0.25) is 9.36 Å². The van der Waals surface area contributed by atoms with Crippen molar-refractivity contribution in [1.82, 2.24) is 4.57 Å². The van der Waals surface area contributed by atoms with Crippen molar-refractivity contribution in [3.63, 3.8) is 0 Å². The van der Waals surface area contributed by atoms with Crippen LogP contribution in [-0.4, -0.2) is 22.2 Å². The van der Waals surface area contributed by atoms with Gasteiger partial charge in [-0.15, -0.1) is 0 Å². The van der Waals surface area contributed by atoms with Crippen molar-refractivity contribution in [3.8, 4) is 5.75 Å². The number of rotatable bonds is 7. The quantitative estimate of drug-likeness (QED) is 0.720. The van der Waals surface area contributed by atoms with Crippen molar-refractivity contribution in [1.29, 1.82) is 0 Å². The summed E-state index contributed by atoms with van der Waals surface area (Å²) >= 11 is 3.39. The Labute approximate surface area is 148 Å². The fourth-order valence-corrected chi connectivity index (χ4v) is 3.16. The Morgan fingerprint density at radius 3 is 2.75 bits per heavy atom. The first-order valence-corrected chi connectivity index (χ1v) is 9.04. The monoisotopic (exact) mass is 393 g/mol. The van der Waals surface area contributed by atoms with Crippen molar-refractivity contribution in [2.45, 2.75) is 39.2 Å². The van der Waals surface area contributed by atoms with Gasteiger partial charge in [0.15, 0.2) is 11.4 Å². The van der Waals surface area contributed by atoms with E-state index in [-0.39, 0.29) is 11.3 Å². The van der Waals surface area contributed by atoms with Gasteiger partial charge in [-0.2, -0.15) is 0 Å². The third-order valence-electron chi connectivity index (χ3n) is 4.27. The minimum Gasteiger partial charge on any atom is -0.490 e. The first-order valence-electron chi connectivity index (χ1n) is 8.25. The van der Waals surface area contributed by atoms with E-state index in [0.29, 0.717) is 35.6 Å². The summed E-state index contributed by atoms with van der Waals surface area (Å²) < 4.78 is 8.01. The number of hydrogen-bond donors (Lipinski definition) is 1. The van der Waals surface area contributed by atoms with E-state index in [2.05, 4.69) is 15.9 Å². The van der Waals surface area contributed by atoms with Gasteiger partial charge in [-0.05, 0) is 43.4 Å². The highest BCUT2D eigenvalue weighted by atomic mass is 79.9. The average Bonchev–Trinajstić information content (AvgIpc) is 3.35. The third kappa shape index (κ3) is 3.34. The van der Waals surface area contributed by atoms with Crippen molar-refractivity contribution in [2.24, 2.45) is 5.92 Å². The molecule has 0 spiro atoms. The van der Waals surface area contributed by atoms with Gasteiger partial charge in [0.2, 0.25) is 0 Å². The fourth-order valence-electron chi connectivity index (χ4n) is 2.80. The van der Waals surface area contributed by atoms with Crippen LogP contribution in [0.5, 0.6) is 5.75 Å². The van der Waals surface area contributed by atoms with Gasteiger partial charge in [0.1, 0.15) is 0 Å². The lowest BCUT2D eigenvalue weighted by Gasteiger charge is -2.17. The number of unbranched alkanes of at least 4 members (excludes halogenated alkanes) is 1. The lowest BCUT2D eigenvalue weighted by molar-refractivity contribution is 0.0677. The molecule has 1 aliphatic rings. The highest BCUT2D eigenvalue weighted by Crippen LogP contribution is 2.34. The fraction of sp³-hybridized carbons (Fsp3) is 0.444. The standard InChI is InChI=1S/C18H20BrNO4/c1-2-3-8-24-16-14-9-12(19)6-7-13(14)17(21)20(10-11-4-5-11)15(16)18(22)23/h6-7,9,11H,2-5,8,10H2,1H3,(H,22,23). The largest absolute Gasteiger partial charge is 0.490 e. The van der Waals surface area contributed by atoms with E-state index >= 15 is 0 Å². The zero-order valence-electron chi connectivity index (χ0n) is 13.5. The molecule has 0 amide bonds. The second-order valence-electron chi connectivity index (χ2n) is 6.23. The van der Waals surface area contributed by atoms with E-state index in [9.17, 15) is 14.7 Å². The van der Waals surface area contributed by atoms with Crippen LogP contribution in [0.4, 0.5) is 0 Å². The highest BCUT2D eigenvalue weighted by Gasteiger charge is 2.28. The van der Waals surface area contributed by atoms with Gasteiger partial charge in [-0.25, -0.2) is 4.79 Å². The Morgan fingerprint density at radius 1 is 1.38 bits per heavy atom. The van der Waals surface area contributed by atoms with Crippen LogP contribution >= 0.6 is 15.9 Å². The van der Waals surface area contributed by atoms with E-state index in [1.807, 2.05) is 6.92 Å². The number of pyridine rings is 1. The molecule has 1 heterocycles. The first-order chi connectivity index (χ1) is 11.5. The van der Waals surface area contributed by atoms with Gasteiger partial charge in [-0.1, -0.05) is 29.3 Å². The van der Waals surface area contributed by atoms with Crippen LogP contribution < -0.4 is 10.3 Å². The summed E-state index contributed by atoms with van der Waals surface area (Å²) in [6.45, 7) is 2.92. The smallest absolute Gasteiger partial charge is 0.356 e. The number of fused-ring (bicyclic) bond motifs is 1. The Bertz CT molecular complexity index is 839. The molecule has 1 aliphatic carbocycles. The number of hydrogen-bond acceptors (Lipinski definition) is 3. The number of carbonyl (C=O) groups is 1. The van der Waals surface area contributed by atoms with E-state index in [1.54, 1.807) is 18.2 Å². The Morgan fingerprint density at radius 2 is 2.12 bits per heavy atom. The number of carboxylic acid groups (broad SMARTS) is 1. The summed E-state index contributed by atoms with van der Waals surface area (Å²) in [6, 6.07) is 5.27. The van der Waals surface area contributed by atoms with Crippen molar-refractivity contribution in [2.75, 3.05) is 6.61 Å². The number of nitrogens with zero attached hydrogens (tertiary/aromatic N) is 1. The topological polar surface area (TPSA) is 68.5 Å². The predicted molar refractivity (Wildman–Crippen MR) is 96.0 cm³/mol. The maximum Gasteiger partial charge on any atom is 0.356 e. The summed E-state index contributed by atoms with van der Waals surface area (Å²) in [6.07, 6.45) is 3.86. The summed E-state index contributed by atoms with van der Waals surface area (Å²) in [5, 5.41) is 10.8. The number of halogens is 1. The molecular formula is C18H20BrNO4. The molecular weight excluding hydrogens is 374 g/mol. The van der Waals surface area contributed by atoms with Crippen LogP contribution in [0.1, 0.15) is 43.1 Å². The van der Waals surface area contributed by atoms with Crippen LogP contribution in [0.15, 0.2) is 27.5 Å². The zero-order chi connectivity index (χ0) is 17.3. The van der Waals surface area contributed by atoms with Crippen molar-refractivity contribution < 1.29 is 14.6 Å². The van der Waals surface area contributed by atoms with Crippen LogP contribution in [0.25, 0.3) is 10.8 Å². The minimum atomic E-state index is -1.12. The number of aromatic nitrogens is 1. The number of benzene rings is 1. The SMILES string of the molecule is CCCCOc1c(C(=O)O)n(CC2CC2)c(=O)c2ccc(Br)cc12. The molecule has 1 aromatic heterocycles. The van der Waals surface area contributed by atoms with E-state index in [0.717, 1.165) is 30.2 Å². The van der Waals surface area contributed by atoms with Crippen LogP contribution in [0.3, 0.4) is 0 Å². The lowest BCUT2D eigenvalue weighted by atomic mass is 10.1. The van der Waals surface area contributed by atoms with Gasteiger partial charge in [0.05, 0.1) is 12.0 Å².